The molecule has 3 aliphatic carbocycles. The lowest BCUT2D eigenvalue weighted by Gasteiger charge is -2.60. The van der Waals surface area contributed by atoms with Crippen LogP contribution in [0.5, 0.6) is 0 Å². The Balaban J connectivity index is 1.20. The number of carbonyl (C=O) groups excluding carboxylic acids is 5. The lowest BCUT2D eigenvalue weighted by Crippen LogP contribution is -2.71. The first kappa shape index (κ1) is 35.7. The Morgan fingerprint density at radius 2 is 1.71 bits per heavy atom. The number of hydrogen-bond donors (Lipinski definition) is 4. The van der Waals surface area contributed by atoms with E-state index in [1.807, 2.05) is 30.3 Å². The van der Waals surface area contributed by atoms with Gasteiger partial charge in [-0.1, -0.05) is 74.1 Å². The Hall–Kier alpha value is -4.65. The van der Waals surface area contributed by atoms with Crippen molar-refractivity contribution < 1.29 is 29.1 Å². The molecule has 13 heteroatoms. The lowest BCUT2D eigenvalue weighted by molar-refractivity contribution is -0.156. The second kappa shape index (κ2) is 13.7. The number of aromatic nitrogens is 3. The molecule has 0 radical (unpaired) electrons. The molecule has 3 saturated carbocycles. The molecule has 276 valence electrons. The summed E-state index contributed by atoms with van der Waals surface area (Å²) in [5.74, 6) is -3.08. The normalized spacial score (nSPS) is 23.0. The molecule has 4 fully saturated rings. The molecule has 1 saturated heterocycles. The highest BCUT2D eigenvalue weighted by Gasteiger charge is 2.63. The molecule has 4 aliphatic rings. The molecule has 5 N–H and O–H groups in total. The quantitative estimate of drug-likeness (QED) is 0.218. The predicted octanol–water partition coefficient (Wildman–Crippen LogP) is 3.44. The van der Waals surface area contributed by atoms with Gasteiger partial charge in [-0.05, 0) is 80.2 Å². The van der Waals surface area contributed by atoms with Crippen LogP contribution in [0.15, 0.2) is 48.7 Å². The van der Waals surface area contributed by atoms with Crippen molar-refractivity contribution in [3.8, 4) is 0 Å². The third-order valence-electron chi connectivity index (χ3n) is 12.1. The van der Waals surface area contributed by atoms with Gasteiger partial charge in [0.05, 0.1) is 17.9 Å². The maximum atomic E-state index is 14.9. The zero-order chi connectivity index (χ0) is 36.8. The summed E-state index contributed by atoms with van der Waals surface area (Å²) >= 11 is 0. The number of benzene rings is 2. The molecule has 2 aromatic carbocycles. The van der Waals surface area contributed by atoms with Crippen molar-refractivity contribution in [2.75, 3.05) is 6.54 Å². The van der Waals surface area contributed by atoms with Crippen molar-refractivity contribution in [1.29, 1.82) is 0 Å². The van der Waals surface area contributed by atoms with Crippen molar-refractivity contribution in [2.24, 2.45) is 17.1 Å². The molecule has 1 aliphatic heterocycles. The van der Waals surface area contributed by atoms with Crippen LogP contribution < -0.4 is 16.4 Å². The van der Waals surface area contributed by atoms with Gasteiger partial charge in [0.25, 0.3) is 11.8 Å². The first-order valence-corrected chi connectivity index (χ1v) is 18.7. The van der Waals surface area contributed by atoms with Crippen LogP contribution in [0.4, 0.5) is 0 Å². The van der Waals surface area contributed by atoms with E-state index in [4.69, 9.17) is 5.73 Å². The molecular formula is C39H49N7O6. The Labute approximate surface area is 303 Å². The zero-order valence-corrected chi connectivity index (χ0v) is 30.0. The fourth-order valence-corrected chi connectivity index (χ4v) is 9.30. The molecule has 4 amide bonds. The fourth-order valence-electron chi connectivity index (χ4n) is 9.30. The van der Waals surface area contributed by atoms with Crippen molar-refractivity contribution in [3.63, 3.8) is 0 Å². The summed E-state index contributed by atoms with van der Waals surface area (Å²) in [4.78, 5) is 70.0. The molecule has 7 rings (SSSR count). The van der Waals surface area contributed by atoms with Gasteiger partial charge in [0.15, 0.2) is 0 Å². The van der Waals surface area contributed by atoms with Crippen LogP contribution in [0.1, 0.15) is 113 Å². The first-order chi connectivity index (χ1) is 24.8. The average Bonchev–Trinajstić information content (AvgIpc) is 3.77. The van der Waals surface area contributed by atoms with E-state index in [0.717, 1.165) is 62.1 Å². The molecule has 1 aromatic heterocycles. The average molecular weight is 712 g/mol. The summed E-state index contributed by atoms with van der Waals surface area (Å²) in [6.45, 7) is 3.27. The Kier molecular flexibility index (Phi) is 9.43. The molecule has 13 nitrogen and oxygen atoms in total. The van der Waals surface area contributed by atoms with E-state index in [9.17, 15) is 29.1 Å². The monoisotopic (exact) mass is 711 g/mol. The van der Waals surface area contributed by atoms with Crippen molar-refractivity contribution >= 4 is 40.2 Å². The number of Topliss-reactive ketones (excluding diaryl/α,β-unsaturated/α-hetero) is 1. The van der Waals surface area contributed by atoms with Gasteiger partial charge in [0.2, 0.25) is 17.6 Å². The molecule has 52 heavy (non-hydrogen) atoms. The fraction of sp³-hybridized carbons (Fsp3) is 0.564. The van der Waals surface area contributed by atoms with E-state index >= 15 is 0 Å². The number of carbonyl (C=O) groups is 5. The van der Waals surface area contributed by atoms with Crippen LogP contribution in [0, 0.1) is 11.3 Å². The number of likely N-dealkylation sites (tertiary alicyclic amines) is 1. The standard InChI is InChI=1S/C39H49N7O6/c1-37(2,52)31-20-41-44-46(31)28-19-30(35(50)43-39(32(47)33(40)48)22-38(23-39)15-8-16-38)45(21-28)36(51)29(17-24-9-4-3-5-10-24)42-34(49)27-14-13-25-11-6-7-12-26(25)18-27/h6-7,11-14,18,20,24,28-30,52H,3-5,8-10,15-17,19,21-23H2,1-2H3,(H2,40,48)(H,42,49)(H,43,50)/t28-,29?,30-/m0/s1. The smallest absolute Gasteiger partial charge is 0.287 e. The van der Waals surface area contributed by atoms with Gasteiger partial charge in [-0.15, -0.1) is 5.10 Å². The summed E-state index contributed by atoms with van der Waals surface area (Å²) in [5, 5.41) is 27.0. The molecule has 1 spiro atoms. The van der Waals surface area contributed by atoms with Crippen molar-refractivity contribution in [3.05, 3.63) is 59.9 Å². The lowest BCUT2D eigenvalue weighted by atomic mass is 9.47. The third-order valence-corrected chi connectivity index (χ3v) is 12.1. The topological polar surface area (TPSA) is 190 Å². The number of aliphatic hydroxyl groups is 1. The van der Waals surface area contributed by atoms with E-state index in [0.29, 0.717) is 30.5 Å². The molecule has 1 unspecified atom stereocenters. The number of primary amides is 1. The Morgan fingerprint density at radius 1 is 1.00 bits per heavy atom. The van der Waals surface area contributed by atoms with Gasteiger partial charge in [0, 0.05) is 18.5 Å². The number of rotatable bonds is 11. The number of nitrogens with one attached hydrogen (secondary N) is 2. The number of nitrogens with two attached hydrogens (primary N) is 1. The number of ketones is 1. The maximum absolute atomic E-state index is 14.9. The maximum Gasteiger partial charge on any atom is 0.287 e. The summed E-state index contributed by atoms with van der Waals surface area (Å²) in [5.41, 5.74) is 3.51. The van der Waals surface area contributed by atoms with Gasteiger partial charge >= 0.3 is 0 Å². The third kappa shape index (κ3) is 6.82. The van der Waals surface area contributed by atoms with Crippen LogP contribution >= 0.6 is 0 Å². The van der Waals surface area contributed by atoms with E-state index < -0.39 is 52.8 Å². The van der Waals surface area contributed by atoms with Crippen LogP contribution in [-0.2, 0) is 24.8 Å². The van der Waals surface area contributed by atoms with E-state index in [2.05, 4.69) is 20.9 Å². The Morgan fingerprint density at radius 3 is 2.37 bits per heavy atom. The van der Waals surface area contributed by atoms with E-state index in [1.165, 1.54) is 11.1 Å². The molecule has 0 bridgehead atoms. The highest BCUT2D eigenvalue weighted by molar-refractivity contribution is 6.39. The summed E-state index contributed by atoms with van der Waals surface area (Å²) < 4.78 is 1.55. The number of fused-ring (bicyclic) bond motifs is 1. The van der Waals surface area contributed by atoms with Gasteiger partial charge in [-0.25, -0.2) is 4.68 Å². The predicted molar refractivity (Wildman–Crippen MR) is 191 cm³/mol. The van der Waals surface area contributed by atoms with E-state index in [-0.39, 0.29) is 30.2 Å². The summed E-state index contributed by atoms with van der Waals surface area (Å²) in [6, 6.07) is 10.6. The summed E-state index contributed by atoms with van der Waals surface area (Å²) in [7, 11) is 0. The highest BCUT2D eigenvalue weighted by Crippen LogP contribution is 2.60. The second-order valence-corrected chi connectivity index (χ2v) is 16.3. The van der Waals surface area contributed by atoms with Gasteiger partial charge in [-0.2, -0.15) is 0 Å². The van der Waals surface area contributed by atoms with Crippen molar-refractivity contribution in [1.82, 2.24) is 30.5 Å². The summed E-state index contributed by atoms with van der Waals surface area (Å²) in [6.07, 6.45) is 10.6. The van der Waals surface area contributed by atoms with Crippen LogP contribution in [0.2, 0.25) is 0 Å². The van der Waals surface area contributed by atoms with Gasteiger partial charge < -0.3 is 26.4 Å². The molecular weight excluding hydrogens is 662 g/mol. The van der Waals surface area contributed by atoms with E-state index in [1.54, 1.807) is 30.7 Å². The minimum Gasteiger partial charge on any atom is -0.384 e. The number of amides is 4. The van der Waals surface area contributed by atoms with Crippen molar-refractivity contribution in [2.45, 2.75) is 120 Å². The van der Waals surface area contributed by atoms with Crippen LogP contribution in [-0.4, -0.2) is 78.6 Å². The molecule has 3 atom stereocenters. The molecule has 2 heterocycles. The van der Waals surface area contributed by atoms with Gasteiger partial charge in [0.1, 0.15) is 23.2 Å². The zero-order valence-electron chi connectivity index (χ0n) is 30.0. The Bertz CT molecular complexity index is 1880. The highest BCUT2D eigenvalue weighted by atomic mass is 16.3. The van der Waals surface area contributed by atoms with Gasteiger partial charge in [-0.3, -0.25) is 24.0 Å². The number of nitrogens with zero attached hydrogens (tertiary/aromatic N) is 4. The minimum absolute atomic E-state index is 0.0527. The van der Waals surface area contributed by atoms with Crippen LogP contribution in [0.3, 0.4) is 0 Å². The largest absolute Gasteiger partial charge is 0.384 e. The SMILES string of the molecule is CC(C)(O)c1cnnn1[C@H]1C[C@@H](C(=O)NC2(C(=O)C(N)=O)CC3(CCC3)C2)N(C(=O)C(CC2CCCCC2)NC(=O)c2ccc3ccccc3c2)C1. The second-order valence-electron chi connectivity index (χ2n) is 16.3. The van der Waals surface area contributed by atoms with Crippen LogP contribution in [0.25, 0.3) is 10.8 Å². The first-order valence-electron chi connectivity index (χ1n) is 18.7. The minimum atomic E-state index is -1.42. The number of hydrogen-bond acceptors (Lipinski definition) is 8. The molecule has 3 aromatic rings.